The molecule has 0 bridgehead atoms. The molecule has 0 unspecified atom stereocenters. The molecule has 2 aromatic carbocycles. The summed E-state index contributed by atoms with van der Waals surface area (Å²) in [6.45, 7) is 2.71. The van der Waals surface area contributed by atoms with Gasteiger partial charge in [0.05, 0.1) is 25.7 Å². The Bertz CT molecular complexity index is 938. The van der Waals surface area contributed by atoms with E-state index in [2.05, 4.69) is 5.32 Å². The van der Waals surface area contributed by atoms with Gasteiger partial charge in [-0.1, -0.05) is 24.3 Å². The molecule has 0 spiro atoms. The van der Waals surface area contributed by atoms with Crippen LogP contribution in [0.15, 0.2) is 48.7 Å². The molecule has 2 aliphatic heterocycles. The van der Waals surface area contributed by atoms with Crippen LogP contribution in [-0.2, 0) is 9.59 Å². The Morgan fingerprint density at radius 3 is 2.71 bits per heavy atom. The van der Waals surface area contributed by atoms with Crippen LogP contribution in [0.5, 0.6) is 11.5 Å². The molecule has 4 rings (SSSR count). The number of carbonyl (C=O) groups is 2. The topological polar surface area (TPSA) is 67.9 Å². The molecule has 6 heteroatoms. The number of rotatable bonds is 3. The van der Waals surface area contributed by atoms with Crippen molar-refractivity contribution in [1.82, 2.24) is 4.90 Å². The average Bonchev–Trinajstić information content (AvgIpc) is 2.93. The van der Waals surface area contributed by atoms with Gasteiger partial charge in [-0.25, -0.2) is 0 Å². The third-order valence-corrected chi connectivity index (χ3v) is 4.88. The van der Waals surface area contributed by atoms with Crippen molar-refractivity contribution in [1.29, 1.82) is 0 Å². The van der Waals surface area contributed by atoms with Crippen molar-refractivity contribution < 1.29 is 19.1 Å². The molecule has 6 nitrogen and oxygen atoms in total. The monoisotopic (exact) mass is 378 g/mol. The van der Waals surface area contributed by atoms with Gasteiger partial charge in [-0.3, -0.25) is 9.59 Å². The maximum Gasteiger partial charge on any atom is 0.226 e. The van der Waals surface area contributed by atoms with Crippen LogP contribution in [0.3, 0.4) is 0 Å². The molecule has 0 fully saturated rings. The van der Waals surface area contributed by atoms with Gasteiger partial charge in [-0.05, 0) is 29.3 Å². The van der Waals surface area contributed by atoms with E-state index in [-0.39, 0.29) is 24.3 Å². The number of anilines is 1. The zero-order valence-electron chi connectivity index (χ0n) is 15.7. The highest BCUT2D eigenvalue weighted by molar-refractivity contribution is 5.92. The van der Waals surface area contributed by atoms with Crippen molar-refractivity contribution in [3.8, 4) is 11.5 Å². The van der Waals surface area contributed by atoms with E-state index in [9.17, 15) is 9.59 Å². The molecule has 2 aromatic rings. The molecule has 0 saturated carbocycles. The highest BCUT2D eigenvalue weighted by Crippen LogP contribution is 2.34. The van der Waals surface area contributed by atoms with Crippen LogP contribution in [0.4, 0.5) is 5.69 Å². The number of ether oxygens (including phenoxy) is 2. The zero-order chi connectivity index (χ0) is 19.5. The van der Waals surface area contributed by atoms with Crippen molar-refractivity contribution in [3.05, 3.63) is 59.8 Å². The predicted molar refractivity (Wildman–Crippen MR) is 106 cm³/mol. The van der Waals surface area contributed by atoms with E-state index in [1.165, 1.54) is 6.92 Å². The Morgan fingerprint density at radius 1 is 1.11 bits per heavy atom. The van der Waals surface area contributed by atoms with Crippen molar-refractivity contribution in [2.45, 2.75) is 25.8 Å². The first kappa shape index (κ1) is 18.1. The van der Waals surface area contributed by atoms with E-state index < -0.39 is 0 Å². The second-order valence-electron chi connectivity index (χ2n) is 6.85. The molecule has 2 aliphatic rings. The van der Waals surface area contributed by atoms with Crippen molar-refractivity contribution in [2.24, 2.45) is 0 Å². The molecule has 2 heterocycles. The first-order valence-corrected chi connectivity index (χ1v) is 9.37. The molecule has 1 N–H and O–H groups in total. The number of benzene rings is 2. The quantitative estimate of drug-likeness (QED) is 0.883. The number of hydrogen-bond acceptors (Lipinski definition) is 4. The van der Waals surface area contributed by atoms with Crippen molar-refractivity contribution in [2.75, 3.05) is 18.5 Å². The van der Waals surface area contributed by atoms with Crippen molar-refractivity contribution >= 4 is 23.6 Å². The molecule has 0 radical (unpaired) electrons. The Hall–Kier alpha value is -3.28. The minimum absolute atomic E-state index is 0.0980. The molecular formula is C22H22N2O4. The second-order valence-corrected chi connectivity index (χ2v) is 6.85. The van der Waals surface area contributed by atoms with Crippen LogP contribution in [0.1, 0.15) is 36.9 Å². The highest BCUT2D eigenvalue weighted by Gasteiger charge is 2.28. The van der Waals surface area contributed by atoms with E-state index in [1.54, 1.807) is 29.3 Å². The zero-order valence-corrected chi connectivity index (χ0v) is 15.7. The fourth-order valence-corrected chi connectivity index (χ4v) is 3.54. The van der Waals surface area contributed by atoms with Crippen LogP contribution in [-0.4, -0.2) is 29.9 Å². The van der Waals surface area contributed by atoms with E-state index in [4.69, 9.17) is 9.47 Å². The molecule has 0 aliphatic carbocycles. The first-order chi connectivity index (χ1) is 13.6. The summed E-state index contributed by atoms with van der Waals surface area (Å²) in [7, 11) is 0. The minimum Gasteiger partial charge on any atom is -0.490 e. The summed E-state index contributed by atoms with van der Waals surface area (Å²) in [5.74, 6) is 1.05. The maximum absolute atomic E-state index is 12.7. The maximum atomic E-state index is 12.7. The third-order valence-electron chi connectivity index (χ3n) is 4.88. The van der Waals surface area contributed by atoms with Crippen LogP contribution < -0.4 is 14.8 Å². The third kappa shape index (κ3) is 3.71. The molecule has 1 atom stereocenters. The summed E-state index contributed by atoms with van der Waals surface area (Å²) in [5, 5.41) is 2.91. The normalized spacial score (nSPS) is 17.5. The fraction of sp³-hybridized carbons (Fsp3) is 0.273. The van der Waals surface area contributed by atoms with Gasteiger partial charge < -0.3 is 19.7 Å². The van der Waals surface area contributed by atoms with Gasteiger partial charge >= 0.3 is 0 Å². The summed E-state index contributed by atoms with van der Waals surface area (Å²) < 4.78 is 11.3. The fourth-order valence-electron chi connectivity index (χ4n) is 3.54. The average molecular weight is 378 g/mol. The number of carbonyl (C=O) groups excluding carboxylic acids is 2. The lowest BCUT2D eigenvalue weighted by Gasteiger charge is -2.32. The van der Waals surface area contributed by atoms with Gasteiger partial charge in [0.15, 0.2) is 11.5 Å². The van der Waals surface area contributed by atoms with E-state index >= 15 is 0 Å². The first-order valence-electron chi connectivity index (χ1n) is 9.37. The molecule has 0 aromatic heterocycles. The molecule has 2 amide bonds. The molecular weight excluding hydrogens is 356 g/mol. The number of nitrogens with one attached hydrogen (secondary N) is 1. The lowest BCUT2D eigenvalue weighted by Crippen LogP contribution is -2.33. The smallest absolute Gasteiger partial charge is 0.226 e. The Kier molecular flexibility index (Phi) is 5.02. The van der Waals surface area contributed by atoms with E-state index in [1.807, 2.05) is 30.3 Å². The Balaban J connectivity index is 1.52. The lowest BCUT2D eigenvalue weighted by molar-refractivity contribution is -0.129. The second kappa shape index (κ2) is 7.76. The van der Waals surface area contributed by atoms with Gasteiger partial charge in [0.1, 0.15) is 0 Å². The molecule has 0 saturated heterocycles. The summed E-state index contributed by atoms with van der Waals surface area (Å²) in [6.07, 6.45) is 4.63. The van der Waals surface area contributed by atoms with Gasteiger partial charge in [-0.2, -0.15) is 0 Å². The van der Waals surface area contributed by atoms with Crippen LogP contribution in [0.25, 0.3) is 6.08 Å². The number of amides is 2. The van der Waals surface area contributed by atoms with Crippen molar-refractivity contribution in [3.63, 3.8) is 0 Å². The molecule has 28 heavy (non-hydrogen) atoms. The van der Waals surface area contributed by atoms with Gasteiger partial charge in [0.25, 0.3) is 0 Å². The summed E-state index contributed by atoms with van der Waals surface area (Å²) in [5.41, 5.74) is 2.63. The van der Waals surface area contributed by atoms with E-state index in [0.29, 0.717) is 30.4 Å². The summed E-state index contributed by atoms with van der Waals surface area (Å²) >= 11 is 0. The van der Waals surface area contributed by atoms with Gasteiger partial charge in [0, 0.05) is 31.3 Å². The lowest BCUT2D eigenvalue weighted by atomic mass is 9.93. The number of hydrogen-bond donors (Lipinski definition) is 1. The SMILES string of the molecule is CC(=O)N1C=Cc2ccccc2[C@@H]1CC(=O)Nc1ccc2c(c1)OCCCO2. The Labute approximate surface area is 163 Å². The summed E-state index contributed by atoms with van der Waals surface area (Å²) in [4.78, 5) is 26.4. The largest absolute Gasteiger partial charge is 0.490 e. The number of fused-ring (bicyclic) bond motifs is 2. The van der Waals surface area contributed by atoms with Gasteiger partial charge in [-0.15, -0.1) is 0 Å². The van der Waals surface area contributed by atoms with Crippen LogP contribution in [0.2, 0.25) is 0 Å². The number of nitrogens with zero attached hydrogens (tertiary/aromatic N) is 1. The Morgan fingerprint density at radius 2 is 1.89 bits per heavy atom. The van der Waals surface area contributed by atoms with Crippen LogP contribution >= 0.6 is 0 Å². The molecule has 144 valence electrons. The van der Waals surface area contributed by atoms with Gasteiger partial charge in [0.2, 0.25) is 11.8 Å². The van der Waals surface area contributed by atoms with E-state index in [0.717, 1.165) is 17.5 Å². The highest BCUT2D eigenvalue weighted by atomic mass is 16.5. The van der Waals surface area contributed by atoms with Crippen LogP contribution in [0, 0.1) is 0 Å². The minimum atomic E-state index is -0.334. The standard InChI is InChI=1S/C22H22N2O4/c1-15(25)24-10-9-16-5-2-3-6-18(16)19(24)14-22(26)23-17-7-8-20-21(13-17)28-12-4-11-27-20/h2-3,5-10,13,19H,4,11-12,14H2,1H3,(H,23,26)/t19-/m0/s1. The summed E-state index contributed by atoms with van der Waals surface area (Å²) in [6, 6.07) is 12.8. The predicted octanol–water partition coefficient (Wildman–Crippen LogP) is 3.75.